The molecule has 30 heavy (non-hydrogen) atoms. The average Bonchev–Trinajstić information content (AvgIpc) is 3.25. The van der Waals surface area contributed by atoms with E-state index < -0.39 is 0 Å². The van der Waals surface area contributed by atoms with E-state index in [1.807, 2.05) is 20.8 Å². The first-order valence-electron chi connectivity index (χ1n) is 10.9. The van der Waals surface area contributed by atoms with Crippen molar-refractivity contribution < 1.29 is 38.1 Å². The van der Waals surface area contributed by atoms with Crippen molar-refractivity contribution in [2.45, 2.75) is 91.3 Å². The van der Waals surface area contributed by atoms with Crippen LogP contribution in [0.15, 0.2) is 0 Å². The van der Waals surface area contributed by atoms with Crippen LogP contribution >= 0.6 is 0 Å². The molecule has 4 aliphatic rings. The minimum atomic E-state index is -0.0486. The maximum atomic E-state index is 10.5. The number of hydrogen-bond acceptors (Lipinski definition) is 8. The number of cyclic esters (lactones) is 4. The molecule has 4 unspecified atom stereocenters. The molecule has 0 radical (unpaired) electrons. The molecule has 0 aliphatic carbocycles. The topological polar surface area (TPSA) is 105 Å². The van der Waals surface area contributed by atoms with Gasteiger partial charge in [0.1, 0.15) is 0 Å². The van der Waals surface area contributed by atoms with Crippen LogP contribution < -0.4 is 0 Å². The normalized spacial score (nSPS) is 30.0. The molecule has 4 atom stereocenters. The first-order chi connectivity index (χ1) is 14.2. The highest BCUT2D eigenvalue weighted by Gasteiger charge is 2.18. The van der Waals surface area contributed by atoms with E-state index >= 15 is 0 Å². The Labute approximate surface area is 178 Å². The standard InChI is InChI=1S/2C6H10O2.2C5H8O2/c1-5-2-3-6(7)8-4-5;1-5-3-2-4-6(7)8-5;1-4-2-5(6)7-3-4;1-4-2-3-5(6)7-4/h2*5H,2-4H2,1H3;2*4H,2-3H2,1H3. The lowest BCUT2D eigenvalue weighted by molar-refractivity contribution is -0.152. The number of hydrogen-bond donors (Lipinski definition) is 0. The third-order valence-electron chi connectivity index (χ3n) is 4.83. The van der Waals surface area contributed by atoms with Crippen molar-refractivity contribution in [3.8, 4) is 0 Å². The molecule has 4 fully saturated rings. The van der Waals surface area contributed by atoms with Gasteiger partial charge in [-0.2, -0.15) is 0 Å². The molecule has 8 heteroatoms. The Hall–Kier alpha value is -2.12. The zero-order valence-corrected chi connectivity index (χ0v) is 18.6. The van der Waals surface area contributed by atoms with Crippen LogP contribution in [0.5, 0.6) is 0 Å². The molecule has 0 amide bonds. The van der Waals surface area contributed by atoms with E-state index in [9.17, 15) is 19.2 Å². The third kappa shape index (κ3) is 12.4. The quantitative estimate of drug-likeness (QED) is 0.427. The minimum Gasteiger partial charge on any atom is -0.465 e. The molecule has 0 aromatic carbocycles. The number of esters is 4. The van der Waals surface area contributed by atoms with E-state index in [2.05, 4.69) is 11.7 Å². The van der Waals surface area contributed by atoms with Crippen molar-refractivity contribution in [2.24, 2.45) is 11.8 Å². The van der Waals surface area contributed by atoms with Crippen LogP contribution in [0.3, 0.4) is 0 Å². The summed E-state index contributed by atoms with van der Waals surface area (Å²) in [4.78, 5) is 41.3. The lowest BCUT2D eigenvalue weighted by atomic mass is 10.1. The fourth-order valence-corrected chi connectivity index (χ4v) is 2.93. The minimum absolute atomic E-state index is 0.0382. The summed E-state index contributed by atoms with van der Waals surface area (Å²) in [6.45, 7) is 9.18. The summed E-state index contributed by atoms with van der Waals surface area (Å²) < 4.78 is 18.9. The van der Waals surface area contributed by atoms with Crippen molar-refractivity contribution in [3.63, 3.8) is 0 Å². The van der Waals surface area contributed by atoms with Crippen molar-refractivity contribution in [1.29, 1.82) is 0 Å². The predicted octanol–water partition coefficient (Wildman–Crippen LogP) is 3.34. The number of carbonyl (C=O) groups is 4. The van der Waals surface area contributed by atoms with Crippen molar-refractivity contribution in [3.05, 3.63) is 0 Å². The lowest BCUT2D eigenvalue weighted by Crippen LogP contribution is -2.19. The molecule has 0 aromatic heterocycles. The molecule has 4 rings (SSSR count). The summed E-state index contributed by atoms with van der Waals surface area (Å²) in [7, 11) is 0. The largest absolute Gasteiger partial charge is 0.465 e. The number of carbonyl (C=O) groups excluding carboxylic acids is 4. The van der Waals surface area contributed by atoms with Gasteiger partial charge in [0.2, 0.25) is 0 Å². The summed E-state index contributed by atoms with van der Waals surface area (Å²) in [5.74, 6) is 0.854. The molecular formula is C22H36O8. The van der Waals surface area contributed by atoms with Crippen molar-refractivity contribution >= 4 is 23.9 Å². The molecule has 0 spiro atoms. The highest BCUT2D eigenvalue weighted by molar-refractivity contribution is 5.71. The van der Waals surface area contributed by atoms with E-state index in [1.165, 1.54) is 0 Å². The number of ether oxygens (including phenoxy) is 4. The van der Waals surface area contributed by atoms with Crippen LogP contribution in [0.25, 0.3) is 0 Å². The van der Waals surface area contributed by atoms with Gasteiger partial charge < -0.3 is 18.9 Å². The van der Waals surface area contributed by atoms with Crippen LogP contribution in [-0.4, -0.2) is 49.3 Å². The summed E-state index contributed by atoms with van der Waals surface area (Å²) in [6.07, 6.45) is 6.72. The summed E-state index contributed by atoms with van der Waals surface area (Å²) in [5.41, 5.74) is 0. The molecule has 4 saturated heterocycles. The molecule has 0 N–H and O–H groups in total. The fourth-order valence-electron chi connectivity index (χ4n) is 2.93. The van der Waals surface area contributed by atoms with E-state index in [0.717, 1.165) is 25.7 Å². The van der Waals surface area contributed by atoms with Gasteiger partial charge in [-0.15, -0.1) is 0 Å². The van der Waals surface area contributed by atoms with E-state index in [4.69, 9.17) is 14.2 Å². The fraction of sp³-hybridized carbons (Fsp3) is 0.818. The van der Waals surface area contributed by atoms with Crippen LogP contribution in [0.4, 0.5) is 0 Å². The zero-order chi connectivity index (χ0) is 22.5. The summed E-state index contributed by atoms with van der Waals surface area (Å²) in [6, 6.07) is 0. The Morgan fingerprint density at radius 3 is 1.40 bits per heavy atom. The van der Waals surface area contributed by atoms with Crippen molar-refractivity contribution in [1.82, 2.24) is 0 Å². The Balaban J connectivity index is 0.000000200. The molecule has 4 aliphatic heterocycles. The Bertz CT molecular complexity index is 539. The van der Waals surface area contributed by atoms with Gasteiger partial charge in [0.05, 0.1) is 31.8 Å². The highest BCUT2D eigenvalue weighted by atomic mass is 16.6. The molecule has 0 saturated carbocycles. The average molecular weight is 429 g/mol. The monoisotopic (exact) mass is 428 g/mol. The Kier molecular flexibility index (Phi) is 12.1. The Morgan fingerprint density at radius 1 is 0.600 bits per heavy atom. The first-order valence-corrected chi connectivity index (χ1v) is 10.9. The molecular weight excluding hydrogens is 392 g/mol. The van der Waals surface area contributed by atoms with Gasteiger partial charge in [-0.3, -0.25) is 19.2 Å². The molecule has 8 nitrogen and oxygen atoms in total. The second-order valence-electron chi connectivity index (χ2n) is 8.35. The maximum Gasteiger partial charge on any atom is 0.306 e. The van der Waals surface area contributed by atoms with Crippen LogP contribution in [0.1, 0.15) is 79.1 Å². The lowest BCUT2D eigenvalue weighted by Gasteiger charge is -2.17. The zero-order valence-electron chi connectivity index (χ0n) is 18.6. The van der Waals surface area contributed by atoms with Gasteiger partial charge in [0.25, 0.3) is 0 Å². The number of rotatable bonds is 0. The SMILES string of the molecule is CC1CCC(=O)O1.CC1CCC(=O)OC1.CC1CCCC(=O)O1.CC1COC(=O)C1. The molecule has 172 valence electrons. The predicted molar refractivity (Wildman–Crippen MR) is 108 cm³/mol. The van der Waals surface area contributed by atoms with E-state index in [0.29, 0.717) is 50.7 Å². The van der Waals surface area contributed by atoms with Gasteiger partial charge in [0, 0.05) is 25.2 Å². The van der Waals surface area contributed by atoms with Crippen LogP contribution in [-0.2, 0) is 38.1 Å². The van der Waals surface area contributed by atoms with Gasteiger partial charge in [0.15, 0.2) is 0 Å². The second kappa shape index (κ2) is 14.0. The summed E-state index contributed by atoms with van der Waals surface area (Å²) in [5, 5.41) is 0. The van der Waals surface area contributed by atoms with Crippen LogP contribution in [0.2, 0.25) is 0 Å². The maximum absolute atomic E-state index is 10.5. The van der Waals surface area contributed by atoms with Gasteiger partial charge in [-0.25, -0.2) is 0 Å². The molecule has 4 heterocycles. The molecule has 0 aromatic rings. The van der Waals surface area contributed by atoms with E-state index in [-0.39, 0.29) is 36.1 Å². The van der Waals surface area contributed by atoms with Crippen LogP contribution in [0, 0.1) is 11.8 Å². The first kappa shape index (κ1) is 25.9. The van der Waals surface area contributed by atoms with E-state index in [1.54, 1.807) is 0 Å². The van der Waals surface area contributed by atoms with Gasteiger partial charge in [-0.05, 0) is 45.4 Å². The highest BCUT2D eigenvalue weighted by Crippen LogP contribution is 2.13. The second-order valence-corrected chi connectivity index (χ2v) is 8.35. The van der Waals surface area contributed by atoms with Crippen molar-refractivity contribution in [2.75, 3.05) is 13.2 Å². The third-order valence-corrected chi connectivity index (χ3v) is 4.83. The Morgan fingerprint density at radius 2 is 1.13 bits per heavy atom. The smallest absolute Gasteiger partial charge is 0.306 e. The molecule has 0 bridgehead atoms. The van der Waals surface area contributed by atoms with Gasteiger partial charge in [-0.1, -0.05) is 13.8 Å². The summed E-state index contributed by atoms with van der Waals surface area (Å²) >= 11 is 0. The van der Waals surface area contributed by atoms with Gasteiger partial charge >= 0.3 is 23.9 Å².